The lowest BCUT2D eigenvalue weighted by atomic mass is 10.2. The first kappa shape index (κ1) is 11.3. The van der Waals surface area contributed by atoms with E-state index in [0.29, 0.717) is 0 Å². The Kier molecular flexibility index (Phi) is 2.99. The van der Waals surface area contributed by atoms with E-state index < -0.39 is 0 Å². The van der Waals surface area contributed by atoms with Gasteiger partial charge in [0.25, 0.3) is 0 Å². The molecule has 0 amide bonds. The molecule has 86 valence electrons. The van der Waals surface area contributed by atoms with E-state index in [1.165, 1.54) is 10.4 Å². The minimum absolute atomic E-state index is 0.814. The van der Waals surface area contributed by atoms with E-state index >= 15 is 0 Å². The smallest absolute Gasteiger partial charge is 0.0569 e. The number of halogens is 2. The third-order valence-electron chi connectivity index (χ3n) is 2.71. The highest BCUT2D eigenvalue weighted by Crippen LogP contribution is 2.26. The first-order valence-corrected chi connectivity index (χ1v) is 7.25. The molecule has 2 heterocycles. The van der Waals surface area contributed by atoms with E-state index in [1.807, 2.05) is 12.1 Å². The molecule has 3 aromatic rings. The number of hydrogen-bond donors (Lipinski definition) is 0. The molecule has 0 aliphatic rings. The summed E-state index contributed by atoms with van der Waals surface area (Å²) >= 11 is 11.4. The third kappa shape index (κ3) is 2.15. The van der Waals surface area contributed by atoms with Crippen LogP contribution in [0.3, 0.4) is 0 Å². The zero-order valence-electron chi connectivity index (χ0n) is 8.86. The molecule has 0 aliphatic heterocycles. The zero-order valence-corrected chi connectivity index (χ0v) is 12.0. The second kappa shape index (κ2) is 4.48. The monoisotopic (exact) mass is 325 g/mol. The van der Waals surface area contributed by atoms with Crippen molar-refractivity contribution < 1.29 is 0 Å². The Balaban J connectivity index is 2.04. The van der Waals surface area contributed by atoms with Crippen molar-refractivity contribution in [1.82, 2.24) is 4.57 Å². The van der Waals surface area contributed by atoms with Gasteiger partial charge in [0.05, 0.1) is 6.54 Å². The largest absolute Gasteiger partial charge is 0.342 e. The molecule has 0 N–H and O–H groups in total. The van der Waals surface area contributed by atoms with Crippen molar-refractivity contribution in [3.05, 3.63) is 56.3 Å². The number of thiophene rings is 1. The molecule has 2 aromatic heterocycles. The Bertz CT molecular complexity index is 671. The van der Waals surface area contributed by atoms with Crippen LogP contribution in [0.5, 0.6) is 0 Å². The first-order valence-electron chi connectivity index (χ1n) is 5.20. The van der Waals surface area contributed by atoms with Gasteiger partial charge in [-0.15, -0.1) is 11.3 Å². The summed E-state index contributed by atoms with van der Waals surface area (Å²) < 4.78 is 3.37. The fourth-order valence-corrected chi connectivity index (χ4v) is 3.61. The summed E-state index contributed by atoms with van der Waals surface area (Å²) in [6, 6.07) is 10.2. The lowest BCUT2D eigenvalue weighted by molar-refractivity contribution is 0.851. The van der Waals surface area contributed by atoms with Crippen LogP contribution >= 0.6 is 38.9 Å². The van der Waals surface area contributed by atoms with Gasteiger partial charge < -0.3 is 4.57 Å². The molecule has 0 aliphatic carbocycles. The molecule has 4 heteroatoms. The molecule has 0 radical (unpaired) electrons. The molecule has 3 rings (SSSR count). The summed E-state index contributed by atoms with van der Waals surface area (Å²) in [5.41, 5.74) is 1.18. The summed E-state index contributed by atoms with van der Waals surface area (Å²) in [6.07, 6.45) is 2.09. The normalized spacial score (nSPS) is 11.2. The molecule has 0 saturated carbocycles. The Morgan fingerprint density at radius 2 is 2.18 bits per heavy atom. The quantitative estimate of drug-likeness (QED) is 0.612. The van der Waals surface area contributed by atoms with Crippen molar-refractivity contribution >= 4 is 49.8 Å². The standard InChI is InChI=1S/C13H9BrClNS/c14-9-6-10(17-8-9)7-16-5-4-11-12(15)2-1-3-13(11)16/h1-6,8H,7H2. The van der Waals surface area contributed by atoms with Gasteiger partial charge in [0.1, 0.15) is 0 Å². The molecule has 0 atom stereocenters. The van der Waals surface area contributed by atoms with Gasteiger partial charge in [-0.2, -0.15) is 0 Å². The fraction of sp³-hybridized carbons (Fsp3) is 0.0769. The first-order chi connectivity index (χ1) is 8.24. The van der Waals surface area contributed by atoms with Gasteiger partial charge >= 0.3 is 0 Å². The topological polar surface area (TPSA) is 4.93 Å². The lowest BCUT2D eigenvalue weighted by Crippen LogP contribution is -1.94. The summed E-state index contributed by atoms with van der Waals surface area (Å²) in [5, 5.41) is 4.03. The highest BCUT2D eigenvalue weighted by molar-refractivity contribution is 9.10. The van der Waals surface area contributed by atoms with Crippen molar-refractivity contribution in [2.45, 2.75) is 6.54 Å². The maximum atomic E-state index is 6.16. The van der Waals surface area contributed by atoms with Gasteiger partial charge in [0.2, 0.25) is 0 Å². The molecule has 1 nitrogen and oxygen atoms in total. The van der Waals surface area contributed by atoms with Gasteiger partial charge in [-0.05, 0) is 40.2 Å². The summed E-state index contributed by atoms with van der Waals surface area (Å²) in [4.78, 5) is 1.33. The van der Waals surface area contributed by atoms with E-state index in [4.69, 9.17) is 11.6 Å². The Labute approximate surface area is 117 Å². The number of nitrogens with zero attached hydrogens (tertiary/aromatic N) is 1. The molecule has 0 unspecified atom stereocenters. The summed E-state index contributed by atoms with van der Waals surface area (Å²) in [7, 11) is 0. The van der Waals surface area contributed by atoms with Crippen molar-refractivity contribution in [3.63, 3.8) is 0 Å². The van der Waals surface area contributed by atoms with Crippen molar-refractivity contribution in [2.24, 2.45) is 0 Å². The van der Waals surface area contributed by atoms with Crippen LogP contribution in [-0.2, 0) is 6.54 Å². The second-order valence-electron chi connectivity index (χ2n) is 3.85. The van der Waals surface area contributed by atoms with Crippen LogP contribution in [0, 0.1) is 0 Å². The number of hydrogen-bond acceptors (Lipinski definition) is 1. The van der Waals surface area contributed by atoms with E-state index in [1.54, 1.807) is 11.3 Å². The summed E-state index contributed by atoms with van der Waals surface area (Å²) in [6.45, 7) is 0.889. The highest BCUT2D eigenvalue weighted by Gasteiger charge is 2.05. The van der Waals surface area contributed by atoms with Crippen LogP contribution in [0.1, 0.15) is 4.88 Å². The van der Waals surface area contributed by atoms with Gasteiger partial charge in [-0.3, -0.25) is 0 Å². The molecule has 0 saturated heterocycles. The number of benzene rings is 1. The maximum absolute atomic E-state index is 6.16. The molecular weight excluding hydrogens is 318 g/mol. The van der Waals surface area contributed by atoms with Crippen LogP contribution in [0.25, 0.3) is 10.9 Å². The van der Waals surface area contributed by atoms with Crippen molar-refractivity contribution in [2.75, 3.05) is 0 Å². The molecule has 1 aromatic carbocycles. The van der Waals surface area contributed by atoms with Crippen molar-refractivity contribution in [3.8, 4) is 0 Å². The van der Waals surface area contributed by atoms with Crippen molar-refractivity contribution in [1.29, 1.82) is 0 Å². The number of fused-ring (bicyclic) bond motifs is 1. The van der Waals surface area contributed by atoms with E-state index in [2.05, 4.69) is 50.3 Å². The fourth-order valence-electron chi connectivity index (χ4n) is 1.93. The number of rotatable bonds is 2. The van der Waals surface area contributed by atoms with Crippen LogP contribution in [0.15, 0.2) is 46.4 Å². The molecular formula is C13H9BrClNS. The van der Waals surface area contributed by atoms with E-state index in [-0.39, 0.29) is 0 Å². The second-order valence-corrected chi connectivity index (χ2v) is 6.17. The molecule has 0 fully saturated rings. The van der Waals surface area contributed by atoms with Crippen LogP contribution < -0.4 is 0 Å². The third-order valence-corrected chi connectivity index (χ3v) is 4.72. The molecule has 17 heavy (non-hydrogen) atoms. The van der Waals surface area contributed by atoms with Gasteiger partial charge in [-0.25, -0.2) is 0 Å². The van der Waals surface area contributed by atoms with E-state index in [0.717, 1.165) is 21.4 Å². The van der Waals surface area contributed by atoms with Crippen LogP contribution in [0.2, 0.25) is 5.02 Å². The molecule has 0 bridgehead atoms. The maximum Gasteiger partial charge on any atom is 0.0569 e. The predicted octanol–water partition coefficient (Wildman–Crippen LogP) is 5.17. The Morgan fingerprint density at radius 1 is 1.29 bits per heavy atom. The van der Waals surface area contributed by atoms with Crippen LogP contribution in [-0.4, -0.2) is 4.57 Å². The van der Waals surface area contributed by atoms with Gasteiger partial charge in [0, 0.05) is 36.9 Å². The molecule has 0 spiro atoms. The van der Waals surface area contributed by atoms with Gasteiger partial charge in [-0.1, -0.05) is 17.7 Å². The Hall–Kier alpha value is -0.770. The van der Waals surface area contributed by atoms with Crippen LogP contribution in [0.4, 0.5) is 0 Å². The lowest BCUT2D eigenvalue weighted by Gasteiger charge is -2.03. The zero-order chi connectivity index (χ0) is 11.8. The predicted molar refractivity (Wildman–Crippen MR) is 78.1 cm³/mol. The number of aromatic nitrogens is 1. The average molecular weight is 327 g/mol. The minimum atomic E-state index is 0.814. The van der Waals surface area contributed by atoms with Gasteiger partial charge in [0.15, 0.2) is 0 Å². The van der Waals surface area contributed by atoms with E-state index in [9.17, 15) is 0 Å². The average Bonchev–Trinajstić information content (AvgIpc) is 2.88. The minimum Gasteiger partial charge on any atom is -0.342 e. The summed E-state index contributed by atoms with van der Waals surface area (Å²) in [5.74, 6) is 0. The highest BCUT2D eigenvalue weighted by atomic mass is 79.9. The SMILES string of the molecule is Clc1cccc2c1ccn2Cc1cc(Br)cs1. The Morgan fingerprint density at radius 3 is 2.94 bits per heavy atom.